The van der Waals surface area contributed by atoms with Crippen molar-refractivity contribution < 1.29 is 18.7 Å². The predicted octanol–water partition coefficient (Wildman–Crippen LogP) is 4.52. The molecular weight excluding hydrogens is 567 g/mol. The number of nitrogens with two attached hydrogens (primary N) is 1. The molecule has 4 aromatic rings. The average molecular weight is 601 g/mol. The summed E-state index contributed by atoms with van der Waals surface area (Å²) in [7, 11) is 1.62. The third-order valence-electron chi connectivity index (χ3n) is 7.53. The molecule has 3 N–H and O–H groups in total. The molecule has 1 saturated heterocycles. The van der Waals surface area contributed by atoms with E-state index in [-0.39, 0.29) is 23.4 Å². The summed E-state index contributed by atoms with van der Waals surface area (Å²) in [6, 6.07) is 24.3. The van der Waals surface area contributed by atoms with Crippen LogP contribution in [0.4, 0.5) is 4.39 Å². The largest absolute Gasteiger partial charge is 0.497 e. The molecule has 222 valence electrons. The fourth-order valence-electron chi connectivity index (χ4n) is 5.38. The number of nitrogens with zero attached hydrogens (tertiary/aromatic N) is 4. The van der Waals surface area contributed by atoms with E-state index in [1.807, 2.05) is 54.6 Å². The number of hydrogen-bond donors (Lipinski definition) is 2. The molecule has 0 radical (unpaired) electrons. The van der Waals surface area contributed by atoms with Gasteiger partial charge < -0.3 is 10.5 Å². The van der Waals surface area contributed by atoms with Crippen LogP contribution < -0.4 is 20.8 Å². The molecule has 0 aliphatic carbocycles. The van der Waals surface area contributed by atoms with Crippen LogP contribution in [0.2, 0.25) is 0 Å². The van der Waals surface area contributed by atoms with Crippen LogP contribution in [0.5, 0.6) is 5.75 Å². The number of amides is 2. The van der Waals surface area contributed by atoms with E-state index in [1.165, 1.54) is 17.2 Å². The summed E-state index contributed by atoms with van der Waals surface area (Å²) in [6.45, 7) is 1.05. The number of rotatable bonds is 9. The molecule has 1 aliphatic rings. The number of ether oxygens (including phenoxy) is 1. The number of alkyl halides is 1. The van der Waals surface area contributed by atoms with Gasteiger partial charge in [-0.2, -0.15) is 0 Å². The molecule has 2 atom stereocenters. The van der Waals surface area contributed by atoms with Gasteiger partial charge in [-0.25, -0.2) is 19.1 Å². The second-order valence-electron chi connectivity index (χ2n) is 10.3. The molecule has 5 rings (SSSR count). The summed E-state index contributed by atoms with van der Waals surface area (Å²) in [6.07, 6.45) is 2.92. The Hall–Kier alpha value is -4.61. The lowest BCUT2D eigenvalue weighted by Gasteiger charge is -2.39. The van der Waals surface area contributed by atoms with Gasteiger partial charge >= 0.3 is 0 Å². The fourth-order valence-corrected chi connectivity index (χ4v) is 5.62. The first-order chi connectivity index (χ1) is 20.8. The highest BCUT2D eigenvalue weighted by atomic mass is 32.1. The molecule has 2 unspecified atom stereocenters. The Bertz CT molecular complexity index is 1580. The van der Waals surface area contributed by atoms with Crippen LogP contribution in [-0.4, -0.2) is 51.3 Å². The Morgan fingerprint density at radius 3 is 2.51 bits per heavy atom. The van der Waals surface area contributed by atoms with Crippen molar-refractivity contribution in [3.05, 3.63) is 119 Å². The summed E-state index contributed by atoms with van der Waals surface area (Å²) in [5.74, 6) is -0.325. The Morgan fingerprint density at radius 2 is 1.79 bits per heavy atom. The van der Waals surface area contributed by atoms with Gasteiger partial charge in [0.25, 0.3) is 11.8 Å². The second-order valence-corrected chi connectivity index (χ2v) is 10.7. The van der Waals surface area contributed by atoms with Gasteiger partial charge in [0.05, 0.1) is 19.9 Å². The van der Waals surface area contributed by atoms with E-state index in [0.29, 0.717) is 31.5 Å². The van der Waals surface area contributed by atoms with Crippen LogP contribution in [0.25, 0.3) is 0 Å². The minimum absolute atomic E-state index is 0.0618. The minimum Gasteiger partial charge on any atom is -0.497 e. The van der Waals surface area contributed by atoms with E-state index >= 15 is 0 Å². The molecule has 3 aromatic carbocycles. The third kappa shape index (κ3) is 7.07. The van der Waals surface area contributed by atoms with Gasteiger partial charge in [0, 0.05) is 24.7 Å². The quantitative estimate of drug-likeness (QED) is 0.272. The first-order valence-electron chi connectivity index (χ1n) is 13.9. The number of thiocarbonyl (C=S) groups is 1. The minimum atomic E-state index is -0.928. The lowest BCUT2D eigenvalue weighted by molar-refractivity contribution is 0.0771. The van der Waals surface area contributed by atoms with E-state index in [0.717, 1.165) is 22.4 Å². The number of benzene rings is 3. The molecule has 2 amide bonds. The molecule has 1 fully saturated rings. The normalized spacial score (nSPS) is 16.8. The summed E-state index contributed by atoms with van der Waals surface area (Å²) >= 11 is 5.71. The SMILES string of the molecule is COc1ccc(CN2CC(F)CCC2c2ccccc2CN(C(=S)NC(=O)c2ccccc2)n2cncc2C(N)=O)cc1. The maximum absolute atomic E-state index is 14.7. The first kappa shape index (κ1) is 29.9. The van der Waals surface area contributed by atoms with Crippen molar-refractivity contribution in [2.45, 2.75) is 38.1 Å². The summed E-state index contributed by atoms with van der Waals surface area (Å²) in [5.41, 5.74) is 9.13. The molecule has 0 bridgehead atoms. The van der Waals surface area contributed by atoms with E-state index in [4.69, 9.17) is 22.7 Å². The van der Waals surface area contributed by atoms with Crippen molar-refractivity contribution in [2.75, 3.05) is 18.7 Å². The molecule has 43 heavy (non-hydrogen) atoms. The van der Waals surface area contributed by atoms with Crippen LogP contribution in [0.1, 0.15) is 56.4 Å². The number of imidazole rings is 1. The molecule has 0 spiro atoms. The number of nitrogens with one attached hydrogen (secondary N) is 1. The van der Waals surface area contributed by atoms with Gasteiger partial charge in [-0.15, -0.1) is 0 Å². The van der Waals surface area contributed by atoms with Crippen molar-refractivity contribution in [1.82, 2.24) is 19.9 Å². The van der Waals surface area contributed by atoms with Crippen molar-refractivity contribution in [1.29, 1.82) is 0 Å². The van der Waals surface area contributed by atoms with Gasteiger partial charge in [-0.1, -0.05) is 54.6 Å². The first-order valence-corrected chi connectivity index (χ1v) is 14.3. The van der Waals surface area contributed by atoms with Crippen molar-refractivity contribution in [3.63, 3.8) is 0 Å². The number of halogens is 1. The summed E-state index contributed by atoms with van der Waals surface area (Å²) < 4.78 is 21.5. The van der Waals surface area contributed by atoms with Crippen LogP contribution in [0.3, 0.4) is 0 Å². The number of likely N-dealkylation sites (tertiary alicyclic amines) is 1. The predicted molar refractivity (Wildman–Crippen MR) is 166 cm³/mol. The third-order valence-corrected chi connectivity index (χ3v) is 7.84. The summed E-state index contributed by atoms with van der Waals surface area (Å²) in [4.78, 5) is 31.5. The zero-order valence-electron chi connectivity index (χ0n) is 23.7. The number of carbonyl (C=O) groups excluding carboxylic acids is 2. The van der Waals surface area contributed by atoms with Crippen LogP contribution in [0, 0.1) is 0 Å². The van der Waals surface area contributed by atoms with Gasteiger partial charge in [0.1, 0.15) is 23.9 Å². The number of aromatic nitrogens is 2. The van der Waals surface area contributed by atoms with Crippen molar-refractivity contribution in [2.24, 2.45) is 5.73 Å². The standard InChI is InChI=1S/C32H33FN6O3S/c1-42-26-14-11-22(12-15-26)18-37-20-25(33)13-16-28(37)27-10-6-5-9-24(27)19-38(39-21-35-17-29(39)30(34)40)32(43)36-31(41)23-7-3-2-4-8-23/h2-12,14-15,17,21,25,28H,13,16,18-20H2,1H3,(H2,34,40)(H,36,41,43). The van der Waals surface area contributed by atoms with Gasteiger partial charge in [-0.3, -0.25) is 19.8 Å². The topological polar surface area (TPSA) is 106 Å². The Labute approximate surface area is 255 Å². The van der Waals surface area contributed by atoms with Gasteiger partial charge in [0.2, 0.25) is 0 Å². The molecule has 11 heteroatoms. The number of primary amides is 1. The van der Waals surface area contributed by atoms with Crippen LogP contribution in [-0.2, 0) is 13.1 Å². The monoisotopic (exact) mass is 600 g/mol. The van der Waals surface area contributed by atoms with Crippen molar-refractivity contribution >= 4 is 29.1 Å². The number of hydrogen-bond acceptors (Lipinski definition) is 6. The molecule has 9 nitrogen and oxygen atoms in total. The lowest BCUT2D eigenvalue weighted by Crippen LogP contribution is -2.49. The second kappa shape index (κ2) is 13.6. The smallest absolute Gasteiger partial charge is 0.268 e. The number of methoxy groups -OCH3 is 1. The number of carbonyl (C=O) groups is 2. The van der Waals surface area contributed by atoms with E-state index in [1.54, 1.807) is 36.4 Å². The molecule has 1 aliphatic heterocycles. The highest BCUT2D eigenvalue weighted by Crippen LogP contribution is 2.35. The zero-order valence-corrected chi connectivity index (χ0v) is 24.5. The molecule has 2 heterocycles. The Balaban J connectivity index is 1.46. The van der Waals surface area contributed by atoms with Gasteiger partial charge in [-0.05, 0) is 66.0 Å². The van der Waals surface area contributed by atoms with Crippen LogP contribution >= 0.6 is 12.2 Å². The van der Waals surface area contributed by atoms with Crippen molar-refractivity contribution in [3.8, 4) is 5.75 Å². The average Bonchev–Trinajstić information content (AvgIpc) is 3.51. The molecule has 1 aromatic heterocycles. The molecular formula is C32H33FN6O3S. The van der Waals surface area contributed by atoms with E-state index in [9.17, 15) is 14.0 Å². The van der Waals surface area contributed by atoms with Gasteiger partial charge in [0.15, 0.2) is 5.11 Å². The zero-order chi connectivity index (χ0) is 30.3. The van der Waals surface area contributed by atoms with E-state index in [2.05, 4.69) is 15.2 Å². The summed E-state index contributed by atoms with van der Waals surface area (Å²) in [5, 5.41) is 4.42. The van der Waals surface area contributed by atoms with E-state index < -0.39 is 18.0 Å². The fraction of sp³-hybridized carbons (Fsp3) is 0.250. The Morgan fingerprint density at radius 1 is 1.07 bits per heavy atom. The highest BCUT2D eigenvalue weighted by Gasteiger charge is 2.31. The number of piperidine rings is 1. The maximum atomic E-state index is 14.7. The maximum Gasteiger partial charge on any atom is 0.268 e. The Kier molecular flexibility index (Phi) is 9.43. The lowest BCUT2D eigenvalue weighted by atomic mass is 9.90. The highest BCUT2D eigenvalue weighted by molar-refractivity contribution is 7.80. The van der Waals surface area contributed by atoms with Crippen LogP contribution in [0.15, 0.2) is 91.4 Å². The molecule has 0 saturated carbocycles.